The van der Waals surface area contributed by atoms with E-state index in [2.05, 4.69) is 0 Å². The largest absolute Gasteiger partial charge is 0.405 e. The summed E-state index contributed by atoms with van der Waals surface area (Å²) in [5.74, 6) is -0.918. The first-order chi connectivity index (χ1) is 10.2. The lowest BCUT2D eigenvalue weighted by Gasteiger charge is -2.14. The van der Waals surface area contributed by atoms with Crippen LogP contribution in [0.15, 0.2) is 29.1 Å². The molecule has 0 aliphatic rings. The summed E-state index contributed by atoms with van der Waals surface area (Å²) in [7, 11) is 0. The van der Waals surface area contributed by atoms with E-state index in [1.54, 1.807) is 30.4 Å². The highest BCUT2D eigenvalue weighted by molar-refractivity contribution is 5.96. The van der Waals surface area contributed by atoms with Gasteiger partial charge in [0.15, 0.2) is 0 Å². The predicted molar refractivity (Wildman–Crippen MR) is 77.0 cm³/mol. The van der Waals surface area contributed by atoms with Crippen molar-refractivity contribution in [1.29, 1.82) is 0 Å². The standard InChI is InChI=1S/C15H15F3N2O2/c1-3-20-12(13(21)19-8-15(16,17)18)7-10-5-4-9(2)6-11(10)14(20)22/h4-7H,3,8H2,1-2H3,(H,19,21). The first-order valence-corrected chi connectivity index (χ1v) is 6.72. The van der Waals surface area contributed by atoms with E-state index in [9.17, 15) is 22.8 Å². The SMILES string of the molecule is CCn1c(C(=O)NCC(F)(F)F)cc2ccc(C)cc2c1=O. The summed E-state index contributed by atoms with van der Waals surface area (Å²) >= 11 is 0. The van der Waals surface area contributed by atoms with E-state index in [-0.39, 0.29) is 17.8 Å². The number of pyridine rings is 1. The quantitative estimate of drug-likeness (QED) is 0.947. The van der Waals surface area contributed by atoms with Gasteiger partial charge in [-0.2, -0.15) is 13.2 Å². The zero-order valence-electron chi connectivity index (χ0n) is 12.1. The van der Waals surface area contributed by atoms with Gasteiger partial charge in [-0.1, -0.05) is 17.7 Å². The fourth-order valence-corrected chi connectivity index (χ4v) is 2.23. The zero-order chi connectivity index (χ0) is 16.5. The molecule has 0 aliphatic carbocycles. The average molecular weight is 312 g/mol. The molecular weight excluding hydrogens is 297 g/mol. The van der Waals surface area contributed by atoms with Gasteiger partial charge in [0.2, 0.25) is 0 Å². The van der Waals surface area contributed by atoms with Gasteiger partial charge in [-0.25, -0.2) is 0 Å². The van der Waals surface area contributed by atoms with Crippen LogP contribution in [0.2, 0.25) is 0 Å². The molecule has 0 unspecified atom stereocenters. The average Bonchev–Trinajstić information content (AvgIpc) is 2.44. The Balaban J connectivity index is 2.52. The topological polar surface area (TPSA) is 51.1 Å². The van der Waals surface area contributed by atoms with Crippen molar-refractivity contribution in [3.63, 3.8) is 0 Å². The minimum absolute atomic E-state index is 0.0758. The van der Waals surface area contributed by atoms with Crippen LogP contribution < -0.4 is 10.9 Å². The van der Waals surface area contributed by atoms with E-state index in [0.717, 1.165) is 5.56 Å². The molecule has 1 N–H and O–H groups in total. The van der Waals surface area contributed by atoms with Gasteiger partial charge in [0.05, 0.1) is 0 Å². The molecule has 1 heterocycles. The molecule has 0 radical (unpaired) electrons. The van der Waals surface area contributed by atoms with Crippen LogP contribution in [0.4, 0.5) is 13.2 Å². The second-order valence-corrected chi connectivity index (χ2v) is 4.97. The molecule has 0 atom stereocenters. The second kappa shape index (κ2) is 5.82. The fraction of sp³-hybridized carbons (Fsp3) is 0.333. The van der Waals surface area contributed by atoms with Gasteiger partial charge in [0.25, 0.3) is 11.5 Å². The fourth-order valence-electron chi connectivity index (χ4n) is 2.23. The van der Waals surface area contributed by atoms with E-state index in [1.807, 2.05) is 6.92 Å². The number of aryl methyl sites for hydroxylation is 1. The van der Waals surface area contributed by atoms with Crippen LogP contribution in [-0.2, 0) is 6.54 Å². The first kappa shape index (κ1) is 16.1. The molecule has 4 nitrogen and oxygen atoms in total. The Morgan fingerprint density at radius 2 is 1.95 bits per heavy atom. The number of rotatable bonds is 3. The number of aromatic nitrogens is 1. The molecule has 7 heteroatoms. The Morgan fingerprint density at radius 3 is 2.55 bits per heavy atom. The summed E-state index contributed by atoms with van der Waals surface area (Å²) in [5, 5.41) is 2.76. The van der Waals surface area contributed by atoms with Crippen LogP contribution in [0, 0.1) is 6.92 Å². The van der Waals surface area contributed by atoms with Crippen LogP contribution in [0.3, 0.4) is 0 Å². The van der Waals surface area contributed by atoms with Crippen molar-refractivity contribution in [2.24, 2.45) is 0 Å². The molecule has 0 bridgehead atoms. The Kier molecular flexibility index (Phi) is 4.25. The maximum absolute atomic E-state index is 12.4. The monoisotopic (exact) mass is 312 g/mol. The highest BCUT2D eigenvalue weighted by atomic mass is 19.4. The van der Waals surface area contributed by atoms with Crippen LogP contribution in [0.25, 0.3) is 10.8 Å². The zero-order valence-corrected chi connectivity index (χ0v) is 12.1. The molecule has 0 fully saturated rings. The third-order valence-electron chi connectivity index (χ3n) is 3.27. The number of carbonyl (C=O) groups is 1. The lowest BCUT2D eigenvalue weighted by atomic mass is 10.1. The third kappa shape index (κ3) is 3.29. The van der Waals surface area contributed by atoms with Crippen molar-refractivity contribution in [1.82, 2.24) is 9.88 Å². The first-order valence-electron chi connectivity index (χ1n) is 6.72. The maximum atomic E-state index is 12.4. The van der Waals surface area contributed by atoms with E-state index >= 15 is 0 Å². The number of carbonyl (C=O) groups excluding carboxylic acids is 1. The van der Waals surface area contributed by atoms with Gasteiger partial charge in [0, 0.05) is 11.9 Å². The number of amides is 1. The third-order valence-corrected chi connectivity index (χ3v) is 3.27. The lowest BCUT2D eigenvalue weighted by molar-refractivity contribution is -0.123. The van der Waals surface area contributed by atoms with Gasteiger partial charge in [-0.3, -0.25) is 9.59 Å². The molecule has 0 saturated carbocycles. The molecule has 22 heavy (non-hydrogen) atoms. The maximum Gasteiger partial charge on any atom is 0.405 e. The van der Waals surface area contributed by atoms with Crippen molar-refractivity contribution >= 4 is 16.7 Å². The molecular formula is C15H15F3N2O2. The van der Waals surface area contributed by atoms with Gasteiger partial charge < -0.3 is 9.88 Å². The number of alkyl halides is 3. The summed E-state index contributed by atoms with van der Waals surface area (Å²) in [6.45, 7) is 2.25. The van der Waals surface area contributed by atoms with E-state index in [4.69, 9.17) is 0 Å². The van der Waals surface area contributed by atoms with Gasteiger partial charge >= 0.3 is 6.18 Å². The Morgan fingerprint density at radius 1 is 1.27 bits per heavy atom. The lowest BCUT2D eigenvalue weighted by Crippen LogP contribution is -2.37. The van der Waals surface area contributed by atoms with E-state index in [0.29, 0.717) is 10.8 Å². The second-order valence-electron chi connectivity index (χ2n) is 4.97. The number of fused-ring (bicyclic) bond motifs is 1. The van der Waals surface area contributed by atoms with Crippen LogP contribution >= 0.6 is 0 Å². The van der Waals surface area contributed by atoms with Crippen molar-refractivity contribution in [3.8, 4) is 0 Å². The summed E-state index contributed by atoms with van der Waals surface area (Å²) < 4.78 is 37.8. The number of halogens is 3. The predicted octanol–water partition coefficient (Wildman–Crippen LogP) is 2.62. The van der Waals surface area contributed by atoms with Crippen molar-refractivity contribution in [3.05, 3.63) is 45.9 Å². The molecule has 1 aromatic heterocycles. The van der Waals surface area contributed by atoms with Gasteiger partial charge in [-0.05, 0) is 31.4 Å². The highest BCUT2D eigenvalue weighted by Gasteiger charge is 2.28. The van der Waals surface area contributed by atoms with Crippen LogP contribution in [0.5, 0.6) is 0 Å². The van der Waals surface area contributed by atoms with Crippen molar-refractivity contribution in [2.45, 2.75) is 26.6 Å². The number of hydrogen-bond donors (Lipinski definition) is 1. The minimum Gasteiger partial charge on any atom is -0.342 e. The summed E-state index contributed by atoms with van der Waals surface area (Å²) in [6, 6.07) is 6.58. The number of nitrogens with one attached hydrogen (secondary N) is 1. The Labute approximate surface area is 124 Å². The molecule has 0 saturated heterocycles. The van der Waals surface area contributed by atoms with E-state index in [1.165, 1.54) is 10.6 Å². The summed E-state index contributed by atoms with van der Waals surface area (Å²) in [4.78, 5) is 24.4. The van der Waals surface area contributed by atoms with Crippen molar-refractivity contribution < 1.29 is 18.0 Å². The molecule has 2 aromatic rings. The van der Waals surface area contributed by atoms with Gasteiger partial charge in [-0.15, -0.1) is 0 Å². The minimum atomic E-state index is -4.50. The molecule has 0 spiro atoms. The van der Waals surface area contributed by atoms with Gasteiger partial charge in [0.1, 0.15) is 12.2 Å². The van der Waals surface area contributed by atoms with E-state index < -0.39 is 18.6 Å². The molecule has 1 aromatic carbocycles. The highest BCUT2D eigenvalue weighted by Crippen LogP contribution is 2.16. The number of benzene rings is 1. The molecule has 1 amide bonds. The summed E-state index contributed by atoms with van der Waals surface area (Å²) in [6.07, 6.45) is -4.50. The van der Waals surface area contributed by atoms with Crippen LogP contribution in [-0.4, -0.2) is 23.2 Å². The smallest absolute Gasteiger partial charge is 0.342 e. The Hall–Kier alpha value is -2.31. The molecule has 0 aliphatic heterocycles. The molecule has 2 rings (SSSR count). The number of nitrogens with zero attached hydrogens (tertiary/aromatic N) is 1. The van der Waals surface area contributed by atoms with Crippen molar-refractivity contribution in [2.75, 3.05) is 6.54 Å². The van der Waals surface area contributed by atoms with Crippen LogP contribution in [0.1, 0.15) is 23.0 Å². The summed E-state index contributed by atoms with van der Waals surface area (Å²) in [5.41, 5.74) is 0.426. The molecule has 118 valence electrons. The Bertz CT molecular complexity index is 779. The normalized spacial score (nSPS) is 11.7. The number of hydrogen-bond acceptors (Lipinski definition) is 2.